The van der Waals surface area contributed by atoms with Gasteiger partial charge in [0.2, 0.25) is 11.8 Å². The van der Waals surface area contributed by atoms with E-state index in [1.165, 1.54) is 5.56 Å². The van der Waals surface area contributed by atoms with Crippen LogP contribution in [0.3, 0.4) is 0 Å². The number of rotatable bonds is 4. The Morgan fingerprint density at radius 1 is 1.38 bits per heavy atom. The minimum absolute atomic E-state index is 0.0337. The number of carbonyl (C=O) groups excluding carboxylic acids is 2. The lowest BCUT2D eigenvalue weighted by Crippen LogP contribution is -2.45. The van der Waals surface area contributed by atoms with Crippen molar-refractivity contribution in [1.82, 2.24) is 9.80 Å². The monoisotopic (exact) mass is 376 g/mol. The van der Waals surface area contributed by atoms with Gasteiger partial charge in [0.25, 0.3) is 0 Å². The highest BCUT2D eigenvalue weighted by Gasteiger charge is 2.58. The maximum Gasteiger partial charge on any atom is 0.228 e. The second-order valence-electron chi connectivity index (χ2n) is 8.16. The number of ether oxygens (including phenoxy) is 1. The molecular weight excluding hydrogens is 348 g/mol. The second kappa shape index (κ2) is 6.97. The van der Waals surface area contributed by atoms with E-state index in [-0.39, 0.29) is 29.3 Å². The summed E-state index contributed by atoms with van der Waals surface area (Å²) in [6.45, 7) is 6.75. The quantitative estimate of drug-likeness (QED) is 0.812. The first-order chi connectivity index (χ1) is 12.5. The van der Waals surface area contributed by atoms with Gasteiger partial charge in [-0.25, -0.2) is 0 Å². The van der Waals surface area contributed by atoms with Crippen molar-refractivity contribution in [3.63, 3.8) is 0 Å². The second-order valence-corrected chi connectivity index (χ2v) is 8.94. The number of thiophene rings is 1. The molecule has 1 saturated carbocycles. The molecule has 2 amide bonds. The van der Waals surface area contributed by atoms with Gasteiger partial charge in [0.05, 0.1) is 12.0 Å². The predicted octanol–water partition coefficient (Wildman–Crippen LogP) is 2.90. The topological polar surface area (TPSA) is 49.9 Å². The molecule has 0 radical (unpaired) electrons. The lowest BCUT2D eigenvalue weighted by Gasteiger charge is -2.36. The molecule has 1 aromatic rings. The van der Waals surface area contributed by atoms with Crippen LogP contribution < -0.4 is 0 Å². The minimum atomic E-state index is 0.0337. The summed E-state index contributed by atoms with van der Waals surface area (Å²) in [5.41, 5.74) is 1.45. The summed E-state index contributed by atoms with van der Waals surface area (Å²) in [7, 11) is 0. The standard InChI is InChI=1S/C20H28N2O3S/c1-14-17(3-9-25-14)19(24)21-7-5-20(6-8-21)11-18(20)22(15(2)23)12-16-4-10-26-13-16/h4,10,13-14,17-18H,3,5-9,11-12H2,1-2H3/t14-,17-,18-/m1/s1. The van der Waals surface area contributed by atoms with Crippen molar-refractivity contribution in [1.29, 1.82) is 0 Å². The first-order valence-corrected chi connectivity index (χ1v) is 10.6. The Balaban J connectivity index is 1.35. The highest BCUT2D eigenvalue weighted by Crippen LogP contribution is 2.57. The number of nitrogens with zero attached hydrogens (tertiary/aromatic N) is 2. The van der Waals surface area contributed by atoms with Crippen molar-refractivity contribution in [2.45, 2.75) is 58.2 Å². The first-order valence-electron chi connectivity index (χ1n) is 9.69. The van der Waals surface area contributed by atoms with Crippen LogP contribution in [0.2, 0.25) is 0 Å². The smallest absolute Gasteiger partial charge is 0.228 e. The zero-order valence-electron chi connectivity index (χ0n) is 15.6. The largest absolute Gasteiger partial charge is 0.378 e. The van der Waals surface area contributed by atoms with E-state index in [9.17, 15) is 9.59 Å². The van der Waals surface area contributed by atoms with Crippen LogP contribution in [0.5, 0.6) is 0 Å². The highest BCUT2D eigenvalue weighted by molar-refractivity contribution is 7.07. The predicted molar refractivity (Wildman–Crippen MR) is 101 cm³/mol. The van der Waals surface area contributed by atoms with Crippen molar-refractivity contribution in [3.05, 3.63) is 22.4 Å². The highest BCUT2D eigenvalue weighted by atomic mass is 32.1. The zero-order valence-corrected chi connectivity index (χ0v) is 16.5. The summed E-state index contributed by atoms with van der Waals surface area (Å²) in [5, 5.41) is 4.19. The molecule has 0 N–H and O–H groups in total. The van der Waals surface area contributed by atoms with Gasteiger partial charge in [-0.2, -0.15) is 11.3 Å². The van der Waals surface area contributed by atoms with E-state index in [0.717, 1.165) is 38.8 Å². The van der Waals surface area contributed by atoms with Crippen LogP contribution in [-0.4, -0.2) is 53.5 Å². The Morgan fingerprint density at radius 3 is 2.73 bits per heavy atom. The maximum atomic E-state index is 12.8. The van der Waals surface area contributed by atoms with Crippen LogP contribution in [0, 0.1) is 11.3 Å². The van der Waals surface area contributed by atoms with Gasteiger partial charge in [-0.05, 0) is 60.4 Å². The van der Waals surface area contributed by atoms with Crippen LogP contribution in [0.25, 0.3) is 0 Å². The van der Waals surface area contributed by atoms with Gasteiger partial charge >= 0.3 is 0 Å². The molecule has 1 spiro atoms. The van der Waals surface area contributed by atoms with Gasteiger partial charge in [0.15, 0.2) is 0 Å². The van der Waals surface area contributed by atoms with Gasteiger partial charge in [-0.3, -0.25) is 9.59 Å². The molecule has 4 rings (SSSR count). The SMILES string of the molecule is CC(=O)N(Cc1ccsc1)[C@@H]1CC12CCN(C(=O)[C@@H]1CCO[C@@H]1C)CC2. The third kappa shape index (κ3) is 3.29. The Labute approximate surface area is 159 Å². The van der Waals surface area contributed by atoms with Gasteiger partial charge in [0.1, 0.15) is 0 Å². The number of piperidine rings is 1. The summed E-state index contributed by atoms with van der Waals surface area (Å²) in [6, 6.07) is 2.44. The average molecular weight is 377 g/mol. The Bertz CT molecular complexity index is 667. The number of amides is 2. The summed E-state index contributed by atoms with van der Waals surface area (Å²) >= 11 is 1.68. The van der Waals surface area contributed by atoms with Crippen LogP contribution in [-0.2, 0) is 20.9 Å². The Kier molecular flexibility index (Phi) is 4.82. The molecule has 2 aliphatic heterocycles. The van der Waals surface area contributed by atoms with Crippen LogP contribution in [0.1, 0.15) is 45.1 Å². The lowest BCUT2D eigenvalue weighted by atomic mass is 9.90. The third-order valence-corrected chi connectivity index (χ3v) is 7.36. The fourth-order valence-corrected chi connectivity index (χ4v) is 5.45. The van der Waals surface area contributed by atoms with E-state index in [2.05, 4.69) is 16.8 Å². The Hall–Kier alpha value is -1.40. The molecule has 3 fully saturated rings. The first kappa shape index (κ1) is 18.0. The zero-order chi connectivity index (χ0) is 18.3. The third-order valence-electron chi connectivity index (χ3n) is 6.62. The van der Waals surface area contributed by atoms with Crippen molar-refractivity contribution in [3.8, 4) is 0 Å². The molecule has 142 valence electrons. The summed E-state index contributed by atoms with van der Waals surface area (Å²) < 4.78 is 5.56. The normalized spacial score (nSPS) is 29.8. The maximum absolute atomic E-state index is 12.8. The van der Waals surface area contributed by atoms with E-state index in [0.29, 0.717) is 19.2 Å². The van der Waals surface area contributed by atoms with Crippen molar-refractivity contribution < 1.29 is 14.3 Å². The molecule has 3 atom stereocenters. The van der Waals surface area contributed by atoms with E-state index in [1.54, 1.807) is 18.3 Å². The molecule has 5 nitrogen and oxygen atoms in total. The van der Waals surface area contributed by atoms with Crippen LogP contribution in [0.15, 0.2) is 16.8 Å². The van der Waals surface area contributed by atoms with Gasteiger partial charge < -0.3 is 14.5 Å². The fraction of sp³-hybridized carbons (Fsp3) is 0.700. The minimum Gasteiger partial charge on any atom is -0.378 e. The van der Waals surface area contributed by atoms with E-state index >= 15 is 0 Å². The molecule has 0 unspecified atom stereocenters. The van der Waals surface area contributed by atoms with E-state index in [1.807, 2.05) is 16.7 Å². The molecule has 0 aromatic carbocycles. The summed E-state index contributed by atoms with van der Waals surface area (Å²) in [4.78, 5) is 29.1. The number of hydrogen-bond donors (Lipinski definition) is 0. The van der Waals surface area contributed by atoms with Crippen molar-refractivity contribution in [2.75, 3.05) is 19.7 Å². The molecule has 6 heteroatoms. The molecular formula is C20H28N2O3S. The average Bonchev–Trinajstić information content (AvgIpc) is 2.98. The molecule has 1 aliphatic carbocycles. The van der Waals surface area contributed by atoms with Crippen LogP contribution in [0.4, 0.5) is 0 Å². The molecule has 2 saturated heterocycles. The van der Waals surface area contributed by atoms with Gasteiger partial charge in [-0.1, -0.05) is 0 Å². The van der Waals surface area contributed by atoms with Crippen LogP contribution >= 0.6 is 11.3 Å². The van der Waals surface area contributed by atoms with Crippen molar-refractivity contribution in [2.24, 2.45) is 11.3 Å². The molecule has 3 heterocycles. The number of carbonyl (C=O) groups is 2. The fourth-order valence-electron chi connectivity index (χ4n) is 4.79. The molecule has 26 heavy (non-hydrogen) atoms. The number of hydrogen-bond acceptors (Lipinski definition) is 4. The Morgan fingerprint density at radius 2 is 2.15 bits per heavy atom. The van der Waals surface area contributed by atoms with E-state index in [4.69, 9.17) is 4.74 Å². The molecule has 0 bridgehead atoms. The molecule has 3 aliphatic rings. The lowest BCUT2D eigenvalue weighted by molar-refractivity contribution is -0.139. The van der Waals surface area contributed by atoms with E-state index < -0.39 is 0 Å². The van der Waals surface area contributed by atoms with Crippen molar-refractivity contribution >= 4 is 23.2 Å². The summed E-state index contributed by atoms with van der Waals surface area (Å²) in [5.74, 6) is 0.462. The van der Waals surface area contributed by atoms with Gasteiger partial charge in [-0.15, -0.1) is 0 Å². The number of likely N-dealkylation sites (tertiary alicyclic amines) is 1. The molecule has 1 aromatic heterocycles. The van der Waals surface area contributed by atoms with Gasteiger partial charge in [0, 0.05) is 39.2 Å². The summed E-state index contributed by atoms with van der Waals surface area (Å²) in [6.07, 6.45) is 4.01.